The van der Waals surface area contributed by atoms with Crippen LogP contribution in [0.4, 0.5) is 0 Å². The first-order valence-electron chi connectivity index (χ1n) is 3.00. The molecule has 62 valence electrons. The first kappa shape index (κ1) is 10.2. The fraction of sp³-hybridized carbons (Fsp3) is 0.600. The maximum Gasteiger partial charge on any atom is 0.412 e. The molecule has 0 spiro atoms. The lowest BCUT2D eigenvalue weighted by Gasteiger charge is -1.94. The van der Waals surface area contributed by atoms with Gasteiger partial charge in [0.2, 0.25) is 0 Å². The van der Waals surface area contributed by atoms with Gasteiger partial charge in [-0.05, 0) is 0 Å². The first-order chi connectivity index (χ1) is 5.00. The predicted octanol–water partition coefficient (Wildman–Crippen LogP) is 0.307. The molecule has 0 aromatic carbocycles. The van der Waals surface area contributed by atoms with Crippen LogP contribution in [0.25, 0.3) is 5.53 Å². The minimum absolute atomic E-state index is 0.429. The van der Waals surface area contributed by atoms with Crippen LogP contribution in [0.1, 0.15) is 13.8 Å². The predicted molar refractivity (Wildman–Crippen MR) is 39.7 cm³/mol. The van der Waals surface area contributed by atoms with Gasteiger partial charge in [0, 0.05) is 5.92 Å². The van der Waals surface area contributed by atoms with Crippen LogP contribution in [0.5, 0.6) is 0 Å². The summed E-state index contributed by atoms with van der Waals surface area (Å²) in [6.07, 6.45) is 0. The van der Waals surface area contributed by atoms with Gasteiger partial charge in [0.15, 0.2) is 0 Å². The highest BCUT2D eigenvalue weighted by molar-refractivity contribution is 7.61. The maximum absolute atomic E-state index is 10.9. The molecule has 0 fully saturated rings. The second-order valence-electron chi connectivity index (χ2n) is 2.27. The maximum atomic E-state index is 10.9. The molecule has 5 nitrogen and oxygen atoms in total. The van der Waals surface area contributed by atoms with Crippen molar-refractivity contribution in [1.82, 2.24) is 0 Å². The minimum Gasteiger partial charge on any atom is -0.360 e. The molecule has 0 bridgehead atoms. The topological polar surface area (TPSA) is 90.8 Å². The van der Waals surface area contributed by atoms with E-state index in [0.29, 0.717) is 0 Å². The average molecular weight is 176 g/mol. The van der Waals surface area contributed by atoms with Crippen LogP contribution in [0, 0.1) is 5.92 Å². The van der Waals surface area contributed by atoms with E-state index in [0.717, 1.165) is 0 Å². The van der Waals surface area contributed by atoms with Gasteiger partial charge in [-0.2, -0.15) is 4.79 Å². The van der Waals surface area contributed by atoms with Crippen LogP contribution in [0.3, 0.4) is 0 Å². The van der Waals surface area contributed by atoms with E-state index in [-0.39, 0.29) is 0 Å². The zero-order valence-electron chi connectivity index (χ0n) is 6.24. The van der Waals surface area contributed by atoms with Gasteiger partial charge < -0.3 is 10.4 Å². The zero-order valence-corrected chi connectivity index (χ0v) is 7.24. The Morgan fingerprint density at radius 3 is 2.18 bits per heavy atom. The van der Waals surface area contributed by atoms with Gasteiger partial charge >= 0.3 is 13.5 Å². The second kappa shape index (κ2) is 4.19. The van der Waals surface area contributed by atoms with Crippen LogP contribution in [0.2, 0.25) is 0 Å². The minimum atomic E-state index is -3.17. The smallest absolute Gasteiger partial charge is 0.360 e. The van der Waals surface area contributed by atoms with Crippen LogP contribution < -0.4 is 0 Å². The van der Waals surface area contributed by atoms with Crippen molar-refractivity contribution in [3.05, 3.63) is 5.53 Å². The summed E-state index contributed by atoms with van der Waals surface area (Å²) in [4.78, 5) is 21.8. The molecule has 0 aromatic heterocycles. The van der Waals surface area contributed by atoms with Gasteiger partial charge in [0.1, 0.15) is 0 Å². The number of ketones is 1. The number of carbonyl (C=O) groups is 1. The number of hydrogen-bond acceptors (Lipinski definition) is 2. The van der Waals surface area contributed by atoms with Crippen molar-refractivity contribution in [3.8, 4) is 0 Å². The van der Waals surface area contributed by atoms with Crippen molar-refractivity contribution in [2.75, 3.05) is 0 Å². The van der Waals surface area contributed by atoms with E-state index < -0.39 is 25.2 Å². The molecule has 0 saturated heterocycles. The molecule has 1 N–H and O–H groups in total. The van der Waals surface area contributed by atoms with Gasteiger partial charge in [-0.1, -0.05) is 13.8 Å². The van der Waals surface area contributed by atoms with Crippen LogP contribution in [0.15, 0.2) is 0 Å². The van der Waals surface area contributed by atoms with E-state index in [4.69, 9.17) is 10.4 Å². The Balaban J connectivity index is 4.70. The monoisotopic (exact) mass is 176 g/mol. The normalized spacial score (nSPS) is 12.4. The van der Waals surface area contributed by atoms with Crippen molar-refractivity contribution in [1.29, 1.82) is 0 Å². The van der Waals surface area contributed by atoms with Gasteiger partial charge in [0.25, 0.3) is 5.78 Å². The summed E-state index contributed by atoms with van der Waals surface area (Å²) < 4.78 is 10.4. The van der Waals surface area contributed by atoms with Gasteiger partial charge in [0.05, 0.1) is 0 Å². The number of hydrogen-bond donors (Lipinski definition) is 1. The Bertz CT molecular complexity index is 242. The Morgan fingerprint density at radius 2 is 2.09 bits per heavy atom. The fourth-order valence-corrected chi connectivity index (χ4v) is 1.06. The molecule has 0 aliphatic heterocycles. The third kappa shape index (κ3) is 2.76. The molecule has 1 atom stereocenters. The van der Waals surface area contributed by atoms with E-state index in [1.165, 1.54) is 0 Å². The highest BCUT2D eigenvalue weighted by atomic mass is 31.1. The molecule has 0 radical (unpaired) electrons. The molecule has 0 saturated carbocycles. The number of rotatable bonds is 3. The molecule has 1 unspecified atom stereocenters. The molecule has 0 aliphatic carbocycles. The molecule has 11 heavy (non-hydrogen) atoms. The second-order valence-corrected chi connectivity index (χ2v) is 3.36. The Hall–Kier alpha value is -0.760. The third-order valence-corrected chi connectivity index (χ3v) is 1.81. The molecule has 0 aromatic rings. The van der Waals surface area contributed by atoms with Crippen LogP contribution >= 0.6 is 8.03 Å². The summed E-state index contributed by atoms with van der Waals surface area (Å²) >= 11 is 0. The van der Waals surface area contributed by atoms with E-state index in [1.807, 2.05) is 0 Å². The quantitative estimate of drug-likeness (QED) is 0.290. The van der Waals surface area contributed by atoms with E-state index in [9.17, 15) is 9.36 Å². The average Bonchev–Trinajstić information content (AvgIpc) is 1.88. The van der Waals surface area contributed by atoms with Crippen LogP contribution in [-0.4, -0.2) is 20.9 Å². The number of nitrogens with zero attached hydrogens (tertiary/aromatic N) is 2. The zero-order chi connectivity index (χ0) is 9.02. The van der Waals surface area contributed by atoms with Crippen molar-refractivity contribution in [2.45, 2.75) is 13.8 Å². The summed E-state index contributed by atoms with van der Waals surface area (Å²) in [5, 5.41) is 0. The summed E-state index contributed by atoms with van der Waals surface area (Å²) in [5.74, 6) is -1.03. The fourth-order valence-electron chi connectivity index (χ4n) is 0.471. The summed E-state index contributed by atoms with van der Waals surface area (Å²) in [5.41, 5.74) is 7.51. The molecular formula is C5H9N2O3P. The van der Waals surface area contributed by atoms with Crippen molar-refractivity contribution in [2.24, 2.45) is 5.92 Å². The van der Waals surface area contributed by atoms with Gasteiger partial charge in [-0.3, -0.25) is 9.36 Å². The van der Waals surface area contributed by atoms with E-state index in [1.54, 1.807) is 13.8 Å². The Labute approximate surface area is 64.5 Å². The third-order valence-electron chi connectivity index (χ3n) is 1.06. The molecule has 0 aliphatic rings. The number of carbonyl (C=O) groups excluding carboxylic acids is 1. The highest BCUT2D eigenvalue weighted by Crippen LogP contribution is 2.17. The highest BCUT2D eigenvalue weighted by Gasteiger charge is 2.27. The Morgan fingerprint density at radius 1 is 1.64 bits per heavy atom. The first-order valence-corrected chi connectivity index (χ1v) is 4.35. The summed E-state index contributed by atoms with van der Waals surface area (Å²) in [6, 6.07) is 0. The van der Waals surface area contributed by atoms with Crippen molar-refractivity contribution in [3.63, 3.8) is 0 Å². The van der Waals surface area contributed by atoms with Gasteiger partial charge in [-0.15, -0.1) is 0 Å². The molecular weight excluding hydrogens is 167 g/mol. The Kier molecular flexibility index (Phi) is 3.90. The molecule has 0 rings (SSSR count). The lowest BCUT2D eigenvalue weighted by molar-refractivity contribution is -0.119. The van der Waals surface area contributed by atoms with Gasteiger partial charge in [-0.25, -0.2) is 0 Å². The molecule has 0 heterocycles. The van der Waals surface area contributed by atoms with Crippen molar-refractivity contribution >= 4 is 19.3 Å². The standard InChI is InChI=1S/C5H9N2O3P/c1-3(2)4(8)5(7-6)11(9)10/h3,11H,1-2H3,(H,9,10). The SMILES string of the molecule is CC(C)C(=O)C(=[N+]=[N-])[PH](=O)O. The summed E-state index contributed by atoms with van der Waals surface area (Å²) in [6.45, 7) is 3.11. The number of Topliss-reactive ketones (excluding diaryl/α,β-unsaturated/α-hetero) is 1. The lowest BCUT2D eigenvalue weighted by atomic mass is 10.1. The lowest BCUT2D eigenvalue weighted by Crippen LogP contribution is -2.17. The van der Waals surface area contributed by atoms with Crippen molar-refractivity contribution < 1.29 is 19.0 Å². The van der Waals surface area contributed by atoms with Crippen LogP contribution in [-0.2, 0) is 9.36 Å². The molecule has 6 heteroatoms. The van der Waals surface area contributed by atoms with E-state index >= 15 is 0 Å². The largest absolute Gasteiger partial charge is 0.412 e. The van der Waals surface area contributed by atoms with E-state index in [2.05, 4.69) is 4.79 Å². The summed E-state index contributed by atoms with van der Waals surface area (Å²) in [7, 11) is -3.17. The molecule has 0 amide bonds.